The number of likely N-dealkylation sites (N-methyl/N-ethyl adjacent to an activating group) is 1. The Balaban J connectivity index is 2.38. The molecule has 0 amide bonds. The van der Waals surface area contributed by atoms with Crippen molar-refractivity contribution in [3.63, 3.8) is 0 Å². The van der Waals surface area contributed by atoms with Gasteiger partial charge in [-0.05, 0) is 18.2 Å². The lowest BCUT2D eigenvalue weighted by atomic mass is 10.1. The maximum atomic E-state index is 13.3. The van der Waals surface area contributed by atoms with Crippen molar-refractivity contribution in [2.45, 2.75) is 18.6 Å². The predicted octanol–water partition coefficient (Wildman–Crippen LogP) is 1.41. The molecule has 1 aliphatic rings. The third-order valence-corrected chi connectivity index (χ3v) is 2.58. The zero-order valence-electron chi connectivity index (χ0n) is 8.87. The topological polar surface area (TPSA) is 48.6 Å². The highest BCUT2D eigenvalue weighted by Crippen LogP contribution is 2.37. The molecule has 0 radical (unpaired) electrons. The minimum Gasteiger partial charge on any atom is -0.463 e. The third-order valence-electron chi connectivity index (χ3n) is 2.58. The molecule has 6 heteroatoms. The normalized spacial score (nSPS) is 26.7. The molecule has 2 N–H and O–H groups in total. The second-order valence-electron chi connectivity index (χ2n) is 3.82. The first-order valence-corrected chi connectivity index (χ1v) is 4.72. The number of nitrogens with zero attached hydrogens (tertiary/aromatic N) is 1. The van der Waals surface area contributed by atoms with Crippen molar-refractivity contribution >= 4 is 5.70 Å². The smallest absolute Gasteiger partial charge is 0.292 e. The average molecular weight is 230 g/mol. The molecule has 0 spiro atoms. The van der Waals surface area contributed by atoms with Gasteiger partial charge in [0.25, 0.3) is 5.92 Å². The first-order chi connectivity index (χ1) is 7.34. The molecular formula is C10H12F2N2O2. The number of aliphatic hydroxyl groups is 1. The van der Waals surface area contributed by atoms with Crippen LogP contribution in [0, 0.1) is 0 Å². The van der Waals surface area contributed by atoms with Crippen molar-refractivity contribution in [3.8, 4) is 0 Å². The highest BCUT2D eigenvalue weighted by molar-refractivity contribution is 5.62. The van der Waals surface area contributed by atoms with Gasteiger partial charge in [0, 0.05) is 14.0 Å². The summed E-state index contributed by atoms with van der Waals surface area (Å²) in [4.78, 5) is 0. The SMILES string of the molecule is CN1NC(c2ccco2)=CC1(O)C(C)(F)F. The molecule has 0 fully saturated rings. The molecule has 1 aromatic heterocycles. The number of hydrogen-bond donors (Lipinski definition) is 2. The van der Waals surface area contributed by atoms with E-state index in [2.05, 4.69) is 5.43 Å². The lowest BCUT2D eigenvalue weighted by Gasteiger charge is -2.33. The van der Waals surface area contributed by atoms with Gasteiger partial charge >= 0.3 is 0 Å². The first kappa shape index (κ1) is 11.1. The van der Waals surface area contributed by atoms with Gasteiger partial charge in [-0.2, -0.15) is 5.01 Å². The van der Waals surface area contributed by atoms with Crippen LogP contribution in [0.1, 0.15) is 12.7 Å². The molecule has 0 saturated carbocycles. The van der Waals surface area contributed by atoms with E-state index in [1.807, 2.05) is 0 Å². The van der Waals surface area contributed by atoms with Gasteiger partial charge in [0.15, 0.2) is 5.76 Å². The van der Waals surface area contributed by atoms with Crippen LogP contribution in [0.2, 0.25) is 0 Å². The summed E-state index contributed by atoms with van der Waals surface area (Å²) in [5, 5.41) is 10.8. The summed E-state index contributed by atoms with van der Waals surface area (Å²) < 4.78 is 31.6. The Morgan fingerprint density at radius 3 is 2.69 bits per heavy atom. The van der Waals surface area contributed by atoms with Crippen molar-refractivity contribution in [3.05, 3.63) is 30.2 Å². The molecule has 88 valence electrons. The van der Waals surface area contributed by atoms with Crippen molar-refractivity contribution in [1.82, 2.24) is 10.4 Å². The summed E-state index contributed by atoms with van der Waals surface area (Å²) in [6.07, 6.45) is 2.48. The number of halogens is 2. The fraction of sp³-hybridized carbons (Fsp3) is 0.400. The largest absolute Gasteiger partial charge is 0.463 e. The molecule has 0 saturated heterocycles. The van der Waals surface area contributed by atoms with Crippen LogP contribution in [-0.4, -0.2) is 28.8 Å². The van der Waals surface area contributed by atoms with E-state index in [0.29, 0.717) is 18.4 Å². The molecule has 4 nitrogen and oxygen atoms in total. The summed E-state index contributed by atoms with van der Waals surface area (Å²) in [5.41, 5.74) is 0.588. The molecule has 2 heterocycles. The average Bonchev–Trinajstić information content (AvgIpc) is 2.74. The van der Waals surface area contributed by atoms with E-state index in [9.17, 15) is 13.9 Å². The molecule has 1 unspecified atom stereocenters. The minimum absolute atomic E-state index is 0.316. The van der Waals surface area contributed by atoms with Gasteiger partial charge in [0.05, 0.1) is 12.0 Å². The lowest BCUT2D eigenvalue weighted by molar-refractivity contribution is -0.213. The van der Waals surface area contributed by atoms with E-state index < -0.39 is 11.6 Å². The second-order valence-corrected chi connectivity index (χ2v) is 3.82. The Labute approximate surface area is 91.1 Å². The van der Waals surface area contributed by atoms with Crippen LogP contribution in [0.5, 0.6) is 0 Å². The van der Waals surface area contributed by atoms with Crippen LogP contribution in [-0.2, 0) is 0 Å². The molecule has 0 aromatic carbocycles. The zero-order chi connectivity index (χ0) is 12.0. The minimum atomic E-state index is -3.29. The molecule has 0 aliphatic carbocycles. The molecule has 1 aromatic rings. The number of furan rings is 1. The highest BCUT2D eigenvalue weighted by atomic mass is 19.3. The number of rotatable bonds is 2. The molecular weight excluding hydrogens is 218 g/mol. The van der Waals surface area contributed by atoms with Crippen molar-refractivity contribution in [2.75, 3.05) is 7.05 Å². The van der Waals surface area contributed by atoms with Crippen molar-refractivity contribution in [2.24, 2.45) is 0 Å². The van der Waals surface area contributed by atoms with E-state index in [4.69, 9.17) is 4.42 Å². The number of hydrazine groups is 1. The quantitative estimate of drug-likeness (QED) is 0.806. The van der Waals surface area contributed by atoms with Gasteiger partial charge in [0.2, 0.25) is 5.72 Å². The summed E-state index contributed by atoms with van der Waals surface area (Å²) in [7, 11) is 1.34. The van der Waals surface area contributed by atoms with Crippen molar-refractivity contribution < 1.29 is 18.3 Å². The number of nitrogens with one attached hydrogen (secondary N) is 1. The van der Waals surface area contributed by atoms with Gasteiger partial charge in [-0.3, -0.25) is 0 Å². The van der Waals surface area contributed by atoms with Gasteiger partial charge < -0.3 is 14.9 Å². The van der Waals surface area contributed by atoms with Crippen LogP contribution in [0.4, 0.5) is 8.78 Å². The van der Waals surface area contributed by atoms with Crippen LogP contribution < -0.4 is 5.43 Å². The second kappa shape index (κ2) is 3.29. The molecule has 2 rings (SSSR count). The molecule has 1 aliphatic heterocycles. The van der Waals surface area contributed by atoms with E-state index in [0.717, 1.165) is 11.1 Å². The van der Waals surface area contributed by atoms with Gasteiger partial charge in [0.1, 0.15) is 0 Å². The van der Waals surface area contributed by atoms with Crippen LogP contribution >= 0.6 is 0 Å². The third kappa shape index (κ3) is 1.50. The number of hydrogen-bond acceptors (Lipinski definition) is 4. The van der Waals surface area contributed by atoms with Gasteiger partial charge in [-0.15, -0.1) is 0 Å². The Morgan fingerprint density at radius 1 is 1.56 bits per heavy atom. The fourth-order valence-corrected chi connectivity index (χ4v) is 1.58. The Kier molecular flexibility index (Phi) is 2.28. The summed E-state index contributed by atoms with van der Waals surface area (Å²) in [6.45, 7) is 0.659. The fourth-order valence-electron chi connectivity index (χ4n) is 1.58. The molecule has 0 bridgehead atoms. The van der Waals surface area contributed by atoms with Crippen LogP contribution in [0.15, 0.2) is 28.9 Å². The summed E-state index contributed by atoms with van der Waals surface area (Å²) in [5.74, 6) is -2.89. The van der Waals surface area contributed by atoms with Crippen LogP contribution in [0.25, 0.3) is 5.70 Å². The molecule has 1 atom stereocenters. The highest BCUT2D eigenvalue weighted by Gasteiger charge is 2.54. The van der Waals surface area contributed by atoms with E-state index >= 15 is 0 Å². The predicted molar refractivity (Wildman–Crippen MR) is 53.2 cm³/mol. The summed E-state index contributed by atoms with van der Waals surface area (Å²) >= 11 is 0. The van der Waals surface area contributed by atoms with Gasteiger partial charge in [-0.1, -0.05) is 0 Å². The van der Waals surface area contributed by atoms with Crippen LogP contribution in [0.3, 0.4) is 0 Å². The first-order valence-electron chi connectivity index (χ1n) is 4.72. The van der Waals surface area contributed by atoms with Gasteiger partial charge in [-0.25, -0.2) is 8.78 Å². The maximum Gasteiger partial charge on any atom is 0.292 e. The monoisotopic (exact) mass is 230 g/mol. The maximum absolute atomic E-state index is 13.3. The number of alkyl halides is 2. The van der Waals surface area contributed by atoms with E-state index in [-0.39, 0.29) is 0 Å². The standard InChI is InChI=1S/C10H12F2N2O2/c1-9(11,12)10(15)6-7(13-14(10)2)8-4-3-5-16-8/h3-6,13,15H,1-2H3. The Hall–Kier alpha value is -1.40. The molecule has 16 heavy (non-hydrogen) atoms. The Bertz CT molecular complexity index is 411. The lowest BCUT2D eigenvalue weighted by Crippen LogP contribution is -2.56. The van der Waals surface area contributed by atoms with Crippen molar-refractivity contribution in [1.29, 1.82) is 0 Å². The van der Waals surface area contributed by atoms with E-state index in [1.165, 1.54) is 13.3 Å². The summed E-state index contributed by atoms with van der Waals surface area (Å²) in [6, 6.07) is 3.26. The Morgan fingerprint density at radius 2 is 2.25 bits per heavy atom. The zero-order valence-corrected chi connectivity index (χ0v) is 8.87. The van der Waals surface area contributed by atoms with E-state index in [1.54, 1.807) is 12.1 Å².